The lowest BCUT2D eigenvalue weighted by molar-refractivity contribution is -0.384. The third-order valence-electron chi connectivity index (χ3n) is 3.41. The van der Waals surface area contributed by atoms with Crippen molar-refractivity contribution in [3.63, 3.8) is 0 Å². The maximum Gasteiger partial charge on any atom is 0.269 e. The Morgan fingerprint density at radius 2 is 2.00 bits per heavy atom. The number of nitriles is 1. The molecule has 0 radical (unpaired) electrons. The zero-order valence-corrected chi connectivity index (χ0v) is 10.8. The quantitative estimate of drug-likeness (QED) is 0.557. The van der Waals surface area contributed by atoms with E-state index >= 15 is 0 Å². The van der Waals surface area contributed by atoms with Crippen molar-refractivity contribution in [1.29, 1.82) is 5.26 Å². The number of non-ortho nitro benzene ring substituents is 1. The van der Waals surface area contributed by atoms with Crippen molar-refractivity contribution in [3.05, 3.63) is 39.9 Å². The molecule has 0 saturated heterocycles. The summed E-state index contributed by atoms with van der Waals surface area (Å²) in [6.45, 7) is 1.75. The highest BCUT2D eigenvalue weighted by Gasteiger charge is 2.28. The Labute approximate surface area is 112 Å². The van der Waals surface area contributed by atoms with Gasteiger partial charge >= 0.3 is 0 Å². The largest absolute Gasteiger partial charge is 0.299 e. The molecule has 1 aromatic rings. The number of nitrogens with zero attached hydrogens (tertiary/aromatic N) is 3. The van der Waals surface area contributed by atoms with Crippen LogP contribution in [0.3, 0.4) is 0 Å². The molecule has 0 amide bonds. The molecule has 100 valence electrons. The van der Waals surface area contributed by atoms with Gasteiger partial charge in [0.1, 0.15) is 0 Å². The average Bonchev–Trinajstić information content (AvgIpc) is 3.24. The van der Waals surface area contributed by atoms with Crippen molar-refractivity contribution >= 4 is 5.69 Å². The van der Waals surface area contributed by atoms with Crippen LogP contribution in [0, 0.1) is 21.4 Å². The van der Waals surface area contributed by atoms with Crippen molar-refractivity contribution in [2.75, 3.05) is 13.1 Å². The number of nitro groups is 1. The van der Waals surface area contributed by atoms with Crippen LogP contribution in [0.1, 0.15) is 24.8 Å². The molecular formula is C14H17N3O2. The van der Waals surface area contributed by atoms with Gasteiger partial charge in [-0.25, -0.2) is 0 Å². The summed E-state index contributed by atoms with van der Waals surface area (Å²) < 4.78 is 0. The summed E-state index contributed by atoms with van der Waals surface area (Å²) in [5.74, 6) is 0. The number of nitro benzene ring substituents is 1. The molecule has 0 heterocycles. The molecule has 0 atom stereocenters. The van der Waals surface area contributed by atoms with Gasteiger partial charge in [0.2, 0.25) is 0 Å². The van der Waals surface area contributed by atoms with E-state index in [1.807, 2.05) is 12.1 Å². The van der Waals surface area contributed by atoms with Crippen molar-refractivity contribution < 1.29 is 4.92 Å². The van der Waals surface area contributed by atoms with Crippen LogP contribution in [0.4, 0.5) is 5.69 Å². The SMILES string of the molecule is N#CCCN(CCc1ccc([N+](=O)[O-])cc1)C1CC1. The first-order valence-electron chi connectivity index (χ1n) is 6.55. The molecule has 5 nitrogen and oxygen atoms in total. The third kappa shape index (κ3) is 4.04. The standard InChI is InChI=1S/C14H17N3O2/c15-9-1-10-16(13-6-7-13)11-8-12-2-4-14(5-3-12)17(18)19/h2-5,13H,1,6-8,10-11H2. The lowest BCUT2D eigenvalue weighted by atomic mass is 10.1. The maximum atomic E-state index is 10.6. The van der Waals surface area contributed by atoms with Crippen molar-refractivity contribution in [2.45, 2.75) is 31.7 Å². The van der Waals surface area contributed by atoms with Gasteiger partial charge in [-0.15, -0.1) is 0 Å². The zero-order valence-electron chi connectivity index (χ0n) is 10.8. The summed E-state index contributed by atoms with van der Waals surface area (Å²) in [6, 6.07) is 9.55. The minimum absolute atomic E-state index is 0.132. The second-order valence-corrected chi connectivity index (χ2v) is 4.85. The van der Waals surface area contributed by atoms with Gasteiger partial charge in [0.25, 0.3) is 5.69 Å². The summed E-state index contributed by atoms with van der Waals surface area (Å²) >= 11 is 0. The van der Waals surface area contributed by atoms with Crippen LogP contribution in [0.5, 0.6) is 0 Å². The first-order valence-corrected chi connectivity index (χ1v) is 6.55. The molecule has 19 heavy (non-hydrogen) atoms. The lowest BCUT2D eigenvalue weighted by Crippen LogP contribution is -2.29. The van der Waals surface area contributed by atoms with Gasteiger partial charge in [-0.05, 0) is 24.8 Å². The Hall–Kier alpha value is -1.93. The molecule has 0 bridgehead atoms. The highest BCUT2D eigenvalue weighted by atomic mass is 16.6. The fourth-order valence-corrected chi connectivity index (χ4v) is 2.17. The molecule has 0 aromatic heterocycles. The minimum Gasteiger partial charge on any atom is -0.299 e. The van der Waals surface area contributed by atoms with E-state index in [9.17, 15) is 10.1 Å². The Bertz CT molecular complexity index is 474. The molecule has 1 fully saturated rings. The summed E-state index contributed by atoms with van der Waals surface area (Å²) in [7, 11) is 0. The van der Waals surface area contributed by atoms with Crippen LogP contribution < -0.4 is 0 Å². The van der Waals surface area contributed by atoms with Crippen LogP contribution in [-0.2, 0) is 6.42 Å². The summed E-state index contributed by atoms with van der Waals surface area (Å²) in [5.41, 5.74) is 1.24. The van der Waals surface area contributed by atoms with E-state index in [1.54, 1.807) is 12.1 Å². The van der Waals surface area contributed by atoms with Crippen molar-refractivity contribution in [2.24, 2.45) is 0 Å². The maximum absolute atomic E-state index is 10.6. The van der Waals surface area contributed by atoms with Gasteiger partial charge in [0.15, 0.2) is 0 Å². The van der Waals surface area contributed by atoms with Crippen LogP contribution in [0.15, 0.2) is 24.3 Å². The molecule has 1 aliphatic carbocycles. The monoisotopic (exact) mass is 259 g/mol. The Morgan fingerprint density at radius 1 is 1.32 bits per heavy atom. The van der Waals surface area contributed by atoms with Crippen LogP contribution in [-0.4, -0.2) is 29.0 Å². The van der Waals surface area contributed by atoms with E-state index in [1.165, 1.54) is 12.8 Å². The zero-order chi connectivity index (χ0) is 13.7. The number of hydrogen-bond acceptors (Lipinski definition) is 4. The van der Waals surface area contributed by atoms with Gasteiger partial charge < -0.3 is 0 Å². The first kappa shape index (κ1) is 13.5. The Balaban J connectivity index is 1.86. The second-order valence-electron chi connectivity index (χ2n) is 4.85. The highest BCUT2D eigenvalue weighted by Crippen LogP contribution is 2.27. The molecule has 0 spiro atoms. The molecule has 0 unspecified atom stereocenters. The topological polar surface area (TPSA) is 70.2 Å². The van der Waals surface area contributed by atoms with Crippen LogP contribution in [0.25, 0.3) is 0 Å². The van der Waals surface area contributed by atoms with Crippen LogP contribution >= 0.6 is 0 Å². The first-order chi connectivity index (χ1) is 9.20. The predicted octanol–water partition coefficient (Wildman–Crippen LogP) is 2.52. The normalized spacial score (nSPS) is 14.3. The van der Waals surface area contributed by atoms with Crippen molar-refractivity contribution in [3.8, 4) is 6.07 Å². The van der Waals surface area contributed by atoms with Crippen LogP contribution in [0.2, 0.25) is 0 Å². The fourth-order valence-electron chi connectivity index (χ4n) is 2.17. The van der Waals surface area contributed by atoms with E-state index < -0.39 is 0 Å². The molecule has 0 aliphatic heterocycles. The Kier molecular flexibility index (Phi) is 4.48. The van der Waals surface area contributed by atoms with Gasteiger partial charge in [-0.3, -0.25) is 15.0 Å². The minimum atomic E-state index is -0.382. The summed E-state index contributed by atoms with van der Waals surface area (Å²) in [4.78, 5) is 12.5. The lowest BCUT2D eigenvalue weighted by Gasteiger charge is -2.20. The smallest absolute Gasteiger partial charge is 0.269 e. The molecular weight excluding hydrogens is 242 g/mol. The van der Waals surface area contributed by atoms with E-state index in [0.717, 1.165) is 25.1 Å². The molecule has 1 aliphatic rings. The van der Waals surface area contributed by atoms with E-state index in [2.05, 4.69) is 11.0 Å². The summed E-state index contributed by atoms with van der Waals surface area (Å²) in [6.07, 6.45) is 3.90. The highest BCUT2D eigenvalue weighted by molar-refractivity contribution is 5.32. The van der Waals surface area contributed by atoms with E-state index in [-0.39, 0.29) is 10.6 Å². The average molecular weight is 259 g/mol. The molecule has 1 aromatic carbocycles. The van der Waals surface area contributed by atoms with Crippen molar-refractivity contribution in [1.82, 2.24) is 4.90 Å². The Morgan fingerprint density at radius 3 is 2.53 bits per heavy atom. The summed E-state index contributed by atoms with van der Waals surface area (Å²) in [5, 5.41) is 19.2. The van der Waals surface area contributed by atoms with E-state index in [4.69, 9.17) is 5.26 Å². The number of benzene rings is 1. The van der Waals surface area contributed by atoms with Gasteiger partial charge in [-0.2, -0.15) is 5.26 Å². The van der Waals surface area contributed by atoms with Gasteiger partial charge in [0.05, 0.1) is 11.0 Å². The van der Waals surface area contributed by atoms with E-state index in [0.29, 0.717) is 12.5 Å². The predicted molar refractivity (Wildman–Crippen MR) is 71.6 cm³/mol. The van der Waals surface area contributed by atoms with Gasteiger partial charge in [0, 0.05) is 37.7 Å². The number of hydrogen-bond donors (Lipinski definition) is 0. The third-order valence-corrected chi connectivity index (χ3v) is 3.41. The molecule has 5 heteroatoms. The van der Waals surface area contributed by atoms with Gasteiger partial charge in [-0.1, -0.05) is 12.1 Å². The number of rotatable bonds is 7. The molecule has 1 saturated carbocycles. The molecule has 2 rings (SSSR count). The molecule has 0 N–H and O–H groups in total. The fraction of sp³-hybridized carbons (Fsp3) is 0.500. The second kappa shape index (κ2) is 6.30.